The predicted molar refractivity (Wildman–Crippen MR) is 147 cm³/mol. The van der Waals surface area contributed by atoms with Crippen molar-refractivity contribution in [3.8, 4) is 22.4 Å². The normalized spacial score (nSPS) is 15.4. The number of anilines is 2. The van der Waals surface area contributed by atoms with Gasteiger partial charge >= 0.3 is 0 Å². The monoisotopic (exact) mass is 547 g/mol. The van der Waals surface area contributed by atoms with Crippen LogP contribution in [0.3, 0.4) is 0 Å². The Hall–Kier alpha value is -4.37. The summed E-state index contributed by atoms with van der Waals surface area (Å²) in [7, 11) is 0. The molecule has 0 saturated carbocycles. The average molecular weight is 548 g/mol. The summed E-state index contributed by atoms with van der Waals surface area (Å²) in [6, 6.07) is 10.8. The van der Waals surface area contributed by atoms with Crippen molar-refractivity contribution in [1.29, 1.82) is 0 Å². The smallest absolute Gasteiger partial charge is 0.224 e. The maximum atomic E-state index is 14.6. The molecule has 2 bridgehead atoms. The van der Waals surface area contributed by atoms with Crippen LogP contribution >= 0.6 is 11.6 Å². The molecule has 1 aliphatic rings. The summed E-state index contributed by atoms with van der Waals surface area (Å²) in [6.45, 7) is 3.91. The van der Waals surface area contributed by atoms with Crippen molar-refractivity contribution in [3.05, 3.63) is 89.1 Å². The van der Waals surface area contributed by atoms with Crippen LogP contribution in [0.2, 0.25) is 5.02 Å². The molecular weight excluding hydrogens is 524 g/mol. The lowest BCUT2D eigenvalue weighted by atomic mass is 9.95. The quantitative estimate of drug-likeness (QED) is 0.186. The Kier molecular flexibility index (Phi) is 7.51. The largest absolute Gasteiger partial charge is 0.341 e. The highest BCUT2D eigenvalue weighted by molar-refractivity contribution is 6.31. The number of pyridine rings is 1. The second kappa shape index (κ2) is 11.2. The zero-order chi connectivity index (χ0) is 27.5. The van der Waals surface area contributed by atoms with Gasteiger partial charge < -0.3 is 15.6 Å². The Bertz CT molecular complexity index is 1570. The molecular formula is C29H24ClF2N5O2. The Balaban J connectivity index is 1.58. The van der Waals surface area contributed by atoms with Crippen LogP contribution in [0.4, 0.5) is 20.2 Å². The van der Waals surface area contributed by atoms with E-state index in [9.17, 15) is 18.4 Å². The van der Waals surface area contributed by atoms with E-state index in [0.717, 1.165) is 6.07 Å². The van der Waals surface area contributed by atoms with Crippen molar-refractivity contribution >= 4 is 41.4 Å². The molecule has 0 spiro atoms. The highest BCUT2D eigenvalue weighted by Gasteiger charge is 2.25. The second-order valence-corrected chi connectivity index (χ2v) is 9.55. The van der Waals surface area contributed by atoms with Gasteiger partial charge in [-0.3, -0.25) is 14.6 Å². The summed E-state index contributed by atoms with van der Waals surface area (Å²) in [5.74, 6) is -1.35. The number of aromatic nitrogens is 3. The molecule has 7 nitrogen and oxygen atoms in total. The number of imidazole rings is 1. The zero-order valence-corrected chi connectivity index (χ0v) is 21.5. The van der Waals surface area contributed by atoms with Gasteiger partial charge in [0.2, 0.25) is 12.3 Å². The maximum Gasteiger partial charge on any atom is 0.224 e. The molecule has 2 amide bonds. The third-order valence-electron chi connectivity index (χ3n) is 6.68. The van der Waals surface area contributed by atoms with Crippen LogP contribution < -0.4 is 10.6 Å². The molecule has 198 valence electrons. The molecule has 0 radical (unpaired) electrons. The molecule has 10 heteroatoms. The van der Waals surface area contributed by atoms with Crippen LogP contribution in [0, 0.1) is 11.6 Å². The van der Waals surface area contributed by atoms with Gasteiger partial charge in [0, 0.05) is 29.4 Å². The standard InChI is InChI=1S/C29H24ClF2N5O2/c1-2-22-28-18-9-8-17(34-15-38)13-24(18)35-25(39)6-4-3-5-19(29(36-22)37-28)23-12-7-16(14-33-23)26-21(31)11-10-20(30)27(26)32/h2,7-15,19H,1,3-6H2,(H,34,38)(H,35,39)(H,36,37). The van der Waals surface area contributed by atoms with Crippen molar-refractivity contribution < 1.29 is 18.4 Å². The van der Waals surface area contributed by atoms with Crippen molar-refractivity contribution in [2.24, 2.45) is 0 Å². The lowest BCUT2D eigenvalue weighted by Gasteiger charge is -2.16. The van der Waals surface area contributed by atoms with E-state index in [-0.39, 0.29) is 28.0 Å². The number of carbonyl (C=O) groups excluding carboxylic acids is 2. The van der Waals surface area contributed by atoms with E-state index >= 15 is 0 Å². The SMILES string of the molecule is C=Cc1[nH]c2nc1-c1ccc(NC=O)cc1NC(=O)CCCCC2c1ccc(-c2c(F)ccc(Cl)c2F)cn1. The first-order valence-corrected chi connectivity index (χ1v) is 12.7. The molecule has 39 heavy (non-hydrogen) atoms. The number of halogens is 3. The summed E-state index contributed by atoms with van der Waals surface area (Å²) in [5.41, 5.74) is 3.62. The minimum Gasteiger partial charge on any atom is -0.341 e. The lowest BCUT2D eigenvalue weighted by molar-refractivity contribution is -0.116. The number of hydrogen-bond acceptors (Lipinski definition) is 4. The highest BCUT2D eigenvalue weighted by atomic mass is 35.5. The van der Waals surface area contributed by atoms with Crippen molar-refractivity contribution in [3.63, 3.8) is 0 Å². The summed E-state index contributed by atoms with van der Waals surface area (Å²) >= 11 is 5.87. The van der Waals surface area contributed by atoms with Crippen LogP contribution in [-0.2, 0) is 9.59 Å². The van der Waals surface area contributed by atoms with Crippen molar-refractivity contribution in [1.82, 2.24) is 15.0 Å². The van der Waals surface area contributed by atoms with Gasteiger partial charge in [-0.1, -0.05) is 30.7 Å². The van der Waals surface area contributed by atoms with Gasteiger partial charge in [-0.25, -0.2) is 13.8 Å². The molecule has 0 saturated heterocycles. The number of benzene rings is 2. The summed E-state index contributed by atoms with van der Waals surface area (Å²) in [5, 5.41) is 5.37. The van der Waals surface area contributed by atoms with E-state index in [1.165, 1.54) is 12.3 Å². The molecule has 0 fully saturated rings. The van der Waals surface area contributed by atoms with Gasteiger partial charge in [-0.2, -0.15) is 0 Å². The van der Waals surface area contributed by atoms with Gasteiger partial charge in [-0.15, -0.1) is 0 Å². The molecule has 0 aliphatic carbocycles. The van der Waals surface area contributed by atoms with Gasteiger partial charge in [0.15, 0.2) is 5.82 Å². The van der Waals surface area contributed by atoms with Crippen LogP contribution in [0.1, 0.15) is 48.8 Å². The number of H-pyrrole nitrogens is 1. The summed E-state index contributed by atoms with van der Waals surface area (Å²) in [4.78, 5) is 36.5. The van der Waals surface area contributed by atoms with Crippen LogP contribution in [0.15, 0.2) is 55.2 Å². The third-order valence-corrected chi connectivity index (χ3v) is 6.97. The molecule has 4 aromatic rings. The van der Waals surface area contributed by atoms with E-state index in [1.807, 2.05) is 0 Å². The minimum absolute atomic E-state index is 0.152. The summed E-state index contributed by atoms with van der Waals surface area (Å²) < 4.78 is 29.0. The van der Waals surface area contributed by atoms with Crippen molar-refractivity contribution in [2.75, 3.05) is 10.6 Å². The predicted octanol–water partition coefficient (Wildman–Crippen LogP) is 6.93. The fourth-order valence-corrected chi connectivity index (χ4v) is 4.92. The fourth-order valence-electron chi connectivity index (χ4n) is 4.76. The first kappa shape index (κ1) is 26.2. The summed E-state index contributed by atoms with van der Waals surface area (Å²) in [6.07, 6.45) is 5.92. The minimum atomic E-state index is -0.841. The first-order chi connectivity index (χ1) is 18.9. The molecule has 3 N–H and O–H groups in total. The number of carbonyl (C=O) groups is 2. The highest BCUT2D eigenvalue weighted by Crippen LogP contribution is 2.37. The van der Waals surface area contributed by atoms with Gasteiger partial charge in [0.1, 0.15) is 11.6 Å². The Morgan fingerprint density at radius 2 is 1.97 bits per heavy atom. The maximum absolute atomic E-state index is 14.6. The number of amides is 2. The number of aromatic amines is 1. The molecule has 2 aromatic carbocycles. The van der Waals surface area contributed by atoms with Crippen molar-refractivity contribution in [2.45, 2.75) is 31.6 Å². The lowest BCUT2D eigenvalue weighted by Crippen LogP contribution is -2.13. The van der Waals surface area contributed by atoms with E-state index in [2.05, 4.69) is 27.2 Å². The molecule has 1 aliphatic heterocycles. The number of fused-ring (bicyclic) bond motifs is 4. The Labute approximate surface area is 228 Å². The van der Waals surface area contributed by atoms with Crippen LogP contribution in [0.25, 0.3) is 28.5 Å². The Morgan fingerprint density at radius 3 is 2.72 bits per heavy atom. The molecule has 1 atom stereocenters. The number of rotatable bonds is 5. The van der Waals surface area contributed by atoms with Crippen LogP contribution in [-0.4, -0.2) is 27.3 Å². The van der Waals surface area contributed by atoms with Gasteiger partial charge in [0.25, 0.3) is 0 Å². The van der Waals surface area contributed by atoms with E-state index in [4.69, 9.17) is 16.6 Å². The van der Waals surface area contributed by atoms with Gasteiger partial charge in [0.05, 0.1) is 39.3 Å². The molecule has 1 unspecified atom stereocenters. The third kappa shape index (κ3) is 5.31. The van der Waals surface area contributed by atoms with E-state index in [0.29, 0.717) is 71.9 Å². The second-order valence-electron chi connectivity index (χ2n) is 9.15. The fraction of sp³-hybridized carbons (Fsp3) is 0.172. The molecule has 3 heterocycles. The first-order valence-electron chi connectivity index (χ1n) is 12.4. The van der Waals surface area contributed by atoms with Gasteiger partial charge in [-0.05, 0) is 55.3 Å². The van der Waals surface area contributed by atoms with E-state index < -0.39 is 11.6 Å². The number of nitrogens with one attached hydrogen (secondary N) is 3. The Morgan fingerprint density at radius 1 is 1.13 bits per heavy atom. The number of hydrogen-bond donors (Lipinski definition) is 3. The number of nitrogens with zero attached hydrogens (tertiary/aromatic N) is 2. The molecule has 2 aromatic heterocycles. The average Bonchev–Trinajstić information content (AvgIpc) is 3.35. The van der Waals surface area contributed by atoms with Crippen LogP contribution in [0.5, 0.6) is 0 Å². The zero-order valence-electron chi connectivity index (χ0n) is 20.7. The molecule has 5 rings (SSSR count). The topological polar surface area (TPSA) is 99.8 Å². The van der Waals surface area contributed by atoms with E-state index in [1.54, 1.807) is 36.4 Å².